The SMILES string of the molecule is CC(C)COc1ccc(CCc2nc(N3CCC[C@H]3c3ccc(Cl)cc3)ncc2C(=O)N(CC(=O)O)Cc2ccc(N)cc2)cc1. The van der Waals surface area contributed by atoms with Gasteiger partial charge in [0.15, 0.2) is 0 Å². The van der Waals surface area contributed by atoms with Crippen molar-refractivity contribution in [3.05, 3.63) is 112 Å². The number of nitrogen functional groups attached to an aromatic ring is 1. The lowest BCUT2D eigenvalue weighted by molar-refractivity contribution is -0.137. The summed E-state index contributed by atoms with van der Waals surface area (Å²) in [6.07, 6.45) is 4.56. The number of carbonyl (C=O) groups excluding carboxylic acids is 1. The molecular formula is C36H40ClN5O4. The normalized spacial score (nSPS) is 14.4. The Labute approximate surface area is 275 Å². The third kappa shape index (κ3) is 8.54. The molecule has 1 aliphatic heterocycles. The van der Waals surface area contributed by atoms with Crippen LogP contribution in [0.15, 0.2) is 79.0 Å². The molecule has 10 heteroatoms. The van der Waals surface area contributed by atoms with Gasteiger partial charge in [0.2, 0.25) is 5.95 Å². The van der Waals surface area contributed by atoms with Crippen molar-refractivity contribution in [2.24, 2.45) is 5.92 Å². The molecular weight excluding hydrogens is 602 g/mol. The highest BCUT2D eigenvalue weighted by atomic mass is 35.5. The summed E-state index contributed by atoms with van der Waals surface area (Å²) in [4.78, 5) is 39.0. The monoisotopic (exact) mass is 641 g/mol. The number of aromatic nitrogens is 2. The molecule has 240 valence electrons. The van der Waals surface area contributed by atoms with Crippen LogP contribution in [0.25, 0.3) is 0 Å². The van der Waals surface area contributed by atoms with Crippen LogP contribution in [0.1, 0.15) is 65.5 Å². The highest BCUT2D eigenvalue weighted by Gasteiger charge is 2.30. The van der Waals surface area contributed by atoms with Crippen molar-refractivity contribution in [3.63, 3.8) is 0 Å². The van der Waals surface area contributed by atoms with E-state index < -0.39 is 18.4 Å². The maximum atomic E-state index is 14.0. The minimum atomic E-state index is -1.11. The molecule has 1 saturated heterocycles. The van der Waals surface area contributed by atoms with Crippen LogP contribution in [0, 0.1) is 5.92 Å². The minimum absolute atomic E-state index is 0.0825. The first-order chi connectivity index (χ1) is 22.2. The highest BCUT2D eigenvalue weighted by molar-refractivity contribution is 6.30. The Balaban J connectivity index is 1.44. The molecule has 0 aliphatic carbocycles. The number of ether oxygens (including phenoxy) is 1. The molecule has 46 heavy (non-hydrogen) atoms. The van der Waals surface area contributed by atoms with E-state index in [1.165, 1.54) is 4.90 Å². The number of aliphatic carboxylic acids is 1. The van der Waals surface area contributed by atoms with Crippen molar-refractivity contribution < 1.29 is 19.4 Å². The first-order valence-electron chi connectivity index (χ1n) is 15.6. The lowest BCUT2D eigenvalue weighted by Crippen LogP contribution is -2.36. The smallest absolute Gasteiger partial charge is 0.323 e. The largest absolute Gasteiger partial charge is 0.493 e. The van der Waals surface area contributed by atoms with E-state index in [2.05, 4.69) is 23.7 Å². The molecule has 2 heterocycles. The average molecular weight is 642 g/mol. The van der Waals surface area contributed by atoms with Crippen LogP contribution in [0.2, 0.25) is 5.02 Å². The van der Waals surface area contributed by atoms with Crippen molar-refractivity contribution in [1.82, 2.24) is 14.9 Å². The molecule has 1 atom stereocenters. The lowest BCUT2D eigenvalue weighted by Gasteiger charge is -2.27. The molecule has 1 fully saturated rings. The molecule has 0 spiro atoms. The van der Waals surface area contributed by atoms with E-state index in [0.717, 1.165) is 41.8 Å². The molecule has 1 amide bonds. The van der Waals surface area contributed by atoms with Gasteiger partial charge in [-0.1, -0.05) is 61.8 Å². The van der Waals surface area contributed by atoms with Gasteiger partial charge in [-0.2, -0.15) is 0 Å². The fourth-order valence-electron chi connectivity index (χ4n) is 5.61. The van der Waals surface area contributed by atoms with E-state index in [1.54, 1.807) is 30.5 Å². The molecule has 1 aliphatic rings. The maximum Gasteiger partial charge on any atom is 0.323 e. The Morgan fingerprint density at radius 2 is 1.72 bits per heavy atom. The molecule has 3 N–H and O–H groups in total. The van der Waals surface area contributed by atoms with Gasteiger partial charge in [0.05, 0.1) is 23.9 Å². The Kier molecular flexibility index (Phi) is 10.8. The Hall–Kier alpha value is -4.63. The van der Waals surface area contributed by atoms with Gasteiger partial charge >= 0.3 is 5.97 Å². The van der Waals surface area contributed by atoms with Gasteiger partial charge < -0.3 is 25.4 Å². The first kappa shape index (κ1) is 32.8. The number of carboxylic acids is 1. The number of nitrogens with two attached hydrogens (primary N) is 1. The van der Waals surface area contributed by atoms with Crippen molar-refractivity contribution in [1.29, 1.82) is 0 Å². The predicted octanol–water partition coefficient (Wildman–Crippen LogP) is 6.60. The third-order valence-electron chi connectivity index (χ3n) is 7.97. The van der Waals surface area contributed by atoms with E-state index >= 15 is 0 Å². The van der Waals surface area contributed by atoms with Crippen LogP contribution in [0.5, 0.6) is 5.75 Å². The second kappa shape index (κ2) is 15.1. The standard InChI is InChI=1S/C36H40ClN5O4/c1-24(2)23-46-30-16-7-25(8-17-30)9-18-32-31(35(45)41(22-34(43)44)21-26-5-14-29(38)15-6-26)20-39-36(40-32)42-19-3-4-33(42)27-10-12-28(37)13-11-27/h5-8,10-17,20,24,33H,3-4,9,18-19,21-23,38H2,1-2H3,(H,43,44)/t33-/m0/s1. The number of halogens is 1. The number of benzene rings is 3. The zero-order chi connectivity index (χ0) is 32.6. The number of hydrogen-bond donors (Lipinski definition) is 2. The number of hydrogen-bond acceptors (Lipinski definition) is 7. The van der Waals surface area contributed by atoms with E-state index in [4.69, 9.17) is 27.1 Å². The fourth-order valence-corrected chi connectivity index (χ4v) is 5.73. The van der Waals surface area contributed by atoms with Crippen LogP contribution in [0.3, 0.4) is 0 Å². The fraction of sp³-hybridized carbons (Fsp3) is 0.333. The van der Waals surface area contributed by atoms with E-state index in [-0.39, 0.29) is 12.6 Å². The molecule has 0 saturated carbocycles. The number of anilines is 2. The second-order valence-corrected chi connectivity index (χ2v) is 12.5. The second-order valence-electron chi connectivity index (χ2n) is 12.1. The molecule has 5 rings (SSSR count). The van der Waals surface area contributed by atoms with E-state index in [9.17, 15) is 14.7 Å². The maximum absolute atomic E-state index is 14.0. The van der Waals surface area contributed by atoms with E-state index in [0.29, 0.717) is 53.3 Å². The van der Waals surface area contributed by atoms with E-state index in [1.807, 2.05) is 48.5 Å². The molecule has 0 bridgehead atoms. The summed E-state index contributed by atoms with van der Waals surface area (Å²) >= 11 is 6.15. The summed E-state index contributed by atoms with van der Waals surface area (Å²) in [5.74, 6) is 0.245. The molecule has 3 aromatic carbocycles. The lowest BCUT2D eigenvalue weighted by atomic mass is 10.0. The molecule has 0 radical (unpaired) electrons. The van der Waals surface area contributed by atoms with Gasteiger partial charge in [-0.15, -0.1) is 0 Å². The van der Waals surface area contributed by atoms with Crippen LogP contribution in [0.4, 0.5) is 11.6 Å². The summed E-state index contributed by atoms with van der Waals surface area (Å²) in [6.45, 7) is 5.28. The summed E-state index contributed by atoms with van der Waals surface area (Å²) in [7, 11) is 0. The minimum Gasteiger partial charge on any atom is -0.493 e. The van der Waals surface area contributed by atoms with Gasteiger partial charge in [0, 0.05) is 30.0 Å². The van der Waals surface area contributed by atoms with Gasteiger partial charge in [0.25, 0.3) is 5.91 Å². The summed E-state index contributed by atoms with van der Waals surface area (Å²) in [5.41, 5.74) is 10.3. The van der Waals surface area contributed by atoms with Crippen LogP contribution in [-0.4, -0.2) is 51.5 Å². The Bertz CT molecular complexity index is 1630. The Morgan fingerprint density at radius 1 is 1.02 bits per heavy atom. The molecule has 1 aromatic heterocycles. The zero-order valence-corrected chi connectivity index (χ0v) is 27.0. The molecule has 4 aromatic rings. The van der Waals surface area contributed by atoms with Gasteiger partial charge in [-0.25, -0.2) is 9.97 Å². The predicted molar refractivity (Wildman–Crippen MR) is 180 cm³/mol. The number of carboxylic acid groups (broad SMARTS) is 1. The van der Waals surface area contributed by atoms with Gasteiger partial charge in [-0.05, 0) is 84.7 Å². The number of amides is 1. The number of nitrogens with zero attached hydrogens (tertiary/aromatic N) is 4. The topological polar surface area (TPSA) is 122 Å². The third-order valence-corrected chi connectivity index (χ3v) is 8.23. The van der Waals surface area contributed by atoms with Crippen molar-refractivity contribution >= 4 is 35.1 Å². The number of rotatable bonds is 13. The van der Waals surface area contributed by atoms with Crippen LogP contribution < -0.4 is 15.4 Å². The van der Waals surface area contributed by atoms with Crippen molar-refractivity contribution in [2.75, 3.05) is 30.3 Å². The molecule has 0 unspecified atom stereocenters. The molecule has 9 nitrogen and oxygen atoms in total. The van der Waals surface area contributed by atoms with Crippen LogP contribution >= 0.6 is 11.6 Å². The van der Waals surface area contributed by atoms with Gasteiger partial charge in [-0.3, -0.25) is 9.59 Å². The number of aryl methyl sites for hydroxylation is 2. The van der Waals surface area contributed by atoms with Crippen LogP contribution in [-0.2, 0) is 24.2 Å². The summed E-state index contributed by atoms with van der Waals surface area (Å²) in [6, 6.07) is 22.9. The highest BCUT2D eigenvalue weighted by Crippen LogP contribution is 2.35. The quantitative estimate of drug-likeness (QED) is 0.157. The summed E-state index contributed by atoms with van der Waals surface area (Å²) in [5, 5.41) is 10.4. The van der Waals surface area contributed by atoms with Crippen molar-refractivity contribution in [3.8, 4) is 5.75 Å². The average Bonchev–Trinajstić information content (AvgIpc) is 3.54. The summed E-state index contributed by atoms with van der Waals surface area (Å²) < 4.78 is 5.84. The Morgan fingerprint density at radius 3 is 2.39 bits per heavy atom. The van der Waals surface area contributed by atoms with Gasteiger partial charge in [0.1, 0.15) is 12.3 Å². The number of carbonyl (C=O) groups is 2. The zero-order valence-electron chi connectivity index (χ0n) is 26.2. The first-order valence-corrected chi connectivity index (χ1v) is 16.0. The van der Waals surface area contributed by atoms with Crippen molar-refractivity contribution in [2.45, 2.75) is 52.1 Å².